The van der Waals surface area contributed by atoms with Crippen LogP contribution in [0.1, 0.15) is 21.5 Å². The van der Waals surface area contributed by atoms with E-state index in [2.05, 4.69) is 10.3 Å². The van der Waals surface area contributed by atoms with Crippen LogP contribution in [0.5, 0.6) is 5.75 Å². The molecule has 0 unspecified atom stereocenters. The third-order valence-electron chi connectivity index (χ3n) is 2.75. The number of amides is 1. The molecule has 2 aromatic rings. The zero-order chi connectivity index (χ0) is 14.0. The van der Waals surface area contributed by atoms with Gasteiger partial charge >= 0.3 is 0 Å². The molecule has 2 N–H and O–H groups in total. The molecule has 5 heteroatoms. The molecule has 0 saturated heterocycles. The number of carbonyl (C=O) groups excluding carboxylic acids is 1. The lowest BCUT2D eigenvalue weighted by molar-refractivity contribution is 0.102. The predicted molar refractivity (Wildman–Crippen MR) is 74.8 cm³/mol. The van der Waals surface area contributed by atoms with Crippen molar-refractivity contribution in [2.24, 2.45) is 0 Å². The summed E-state index contributed by atoms with van der Waals surface area (Å²) in [7, 11) is 0. The molecule has 98 valence electrons. The number of aryl methyl sites for hydroxylation is 2. The molecule has 0 atom stereocenters. The first-order valence-corrected chi connectivity index (χ1v) is 6.09. The van der Waals surface area contributed by atoms with Crippen LogP contribution in [0, 0.1) is 13.8 Å². The molecule has 0 fully saturated rings. The van der Waals surface area contributed by atoms with Crippen molar-refractivity contribution >= 4 is 23.2 Å². The number of benzene rings is 1. The van der Waals surface area contributed by atoms with Crippen molar-refractivity contribution in [3.05, 3.63) is 52.3 Å². The predicted octanol–water partition coefficient (Wildman–Crippen LogP) is 3.31. The molecule has 0 saturated carbocycles. The van der Waals surface area contributed by atoms with E-state index < -0.39 is 5.91 Å². The summed E-state index contributed by atoms with van der Waals surface area (Å²) in [6.07, 6.45) is 1.57. The van der Waals surface area contributed by atoms with E-state index in [1.807, 2.05) is 13.8 Å². The molecule has 0 aliphatic heterocycles. The molecular formula is C14H13ClN2O2. The van der Waals surface area contributed by atoms with Gasteiger partial charge in [0.15, 0.2) is 5.15 Å². The highest BCUT2D eigenvalue weighted by atomic mass is 35.5. The quantitative estimate of drug-likeness (QED) is 0.827. The number of pyridine rings is 1. The number of carbonyl (C=O) groups is 1. The van der Waals surface area contributed by atoms with Crippen LogP contribution in [0.4, 0.5) is 5.69 Å². The number of nitrogens with zero attached hydrogens (tertiary/aromatic N) is 1. The molecule has 2 rings (SSSR count). The van der Waals surface area contributed by atoms with Crippen molar-refractivity contribution < 1.29 is 9.90 Å². The Hall–Kier alpha value is -2.07. The van der Waals surface area contributed by atoms with Gasteiger partial charge in [0.25, 0.3) is 5.91 Å². The van der Waals surface area contributed by atoms with E-state index in [0.29, 0.717) is 5.69 Å². The summed E-state index contributed by atoms with van der Waals surface area (Å²) in [6.45, 7) is 3.66. The summed E-state index contributed by atoms with van der Waals surface area (Å²) >= 11 is 5.94. The summed E-state index contributed by atoms with van der Waals surface area (Å²) in [5, 5.41) is 12.6. The lowest BCUT2D eigenvalue weighted by Gasteiger charge is -2.10. The largest absolute Gasteiger partial charge is 0.507 e. The van der Waals surface area contributed by atoms with Crippen LogP contribution < -0.4 is 5.32 Å². The number of phenols is 1. The number of anilines is 1. The lowest BCUT2D eigenvalue weighted by atomic mass is 10.1. The van der Waals surface area contributed by atoms with Crippen LogP contribution in [0.3, 0.4) is 0 Å². The fourth-order valence-corrected chi connectivity index (χ4v) is 1.94. The molecule has 0 aliphatic carbocycles. The molecule has 1 amide bonds. The number of nitrogens with one attached hydrogen (secondary N) is 1. The van der Waals surface area contributed by atoms with Gasteiger partial charge in [-0.1, -0.05) is 23.2 Å². The van der Waals surface area contributed by atoms with Gasteiger partial charge in [0.05, 0.1) is 11.3 Å². The highest BCUT2D eigenvalue weighted by Crippen LogP contribution is 2.25. The number of aromatic hydroxyl groups is 1. The smallest absolute Gasteiger partial charge is 0.259 e. The third kappa shape index (κ3) is 2.85. The summed E-state index contributed by atoms with van der Waals surface area (Å²) in [6, 6.07) is 6.58. The fraction of sp³-hybridized carbons (Fsp3) is 0.143. The van der Waals surface area contributed by atoms with Crippen LogP contribution in [0.2, 0.25) is 5.15 Å². The van der Waals surface area contributed by atoms with Gasteiger partial charge in [-0.05, 0) is 37.6 Å². The minimum Gasteiger partial charge on any atom is -0.507 e. The summed E-state index contributed by atoms with van der Waals surface area (Å²) in [4.78, 5) is 16.0. The average Bonchev–Trinajstić information content (AvgIpc) is 2.37. The van der Waals surface area contributed by atoms with Crippen molar-refractivity contribution in [1.82, 2.24) is 4.98 Å². The summed E-state index contributed by atoms with van der Waals surface area (Å²) in [5.41, 5.74) is 2.35. The second kappa shape index (κ2) is 5.28. The molecule has 0 radical (unpaired) electrons. The van der Waals surface area contributed by atoms with Crippen molar-refractivity contribution in [3.8, 4) is 5.75 Å². The zero-order valence-corrected chi connectivity index (χ0v) is 11.3. The normalized spacial score (nSPS) is 10.3. The second-order valence-corrected chi connectivity index (χ2v) is 4.63. The summed E-state index contributed by atoms with van der Waals surface area (Å²) in [5.74, 6) is -0.486. The molecule has 1 heterocycles. The Morgan fingerprint density at radius 3 is 2.74 bits per heavy atom. The number of hydrogen-bond acceptors (Lipinski definition) is 3. The number of halogens is 1. The Labute approximate surface area is 116 Å². The SMILES string of the molecule is Cc1ccc(O)c(C(=O)Nc2c(C)ccnc2Cl)c1. The maximum Gasteiger partial charge on any atom is 0.259 e. The van der Waals surface area contributed by atoms with Crippen LogP contribution in [-0.2, 0) is 0 Å². The third-order valence-corrected chi connectivity index (χ3v) is 3.03. The number of aromatic nitrogens is 1. The Morgan fingerprint density at radius 2 is 2.05 bits per heavy atom. The van der Waals surface area contributed by atoms with E-state index in [-0.39, 0.29) is 16.5 Å². The Bertz CT molecular complexity index is 621. The molecule has 1 aromatic heterocycles. The van der Waals surface area contributed by atoms with Crippen molar-refractivity contribution in [1.29, 1.82) is 0 Å². The van der Waals surface area contributed by atoms with Crippen molar-refractivity contribution in [3.63, 3.8) is 0 Å². The molecule has 4 nitrogen and oxygen atoms in total. The second-order valence-electron chi connectivity index (χ2n) is 4.27. The van der Waals surface area contributed by atoms with E-state index in [4.69, 9.17) is 11.6 Å². The Kier molecular flexibility index (Phi) is 3.71. The fourth-order valence-electron chi connectivity index (χ4n) is 1.69. The van der Waals surface area contributed by atoms with Gasteiger partial charge in [-0.2, -0.15) is 0 Å². The van der Waals surface area contributed by atoms with Gasteiger partial charge in [0.1, 0.15) is 5.75 Å². The van der Waals surface area contributed by atoms with E-state index in [9.17, 15) is 9.90 Å². The van der Waals surface area contributed by atoms with E-state index in [0.717, 1.165) is 11.1 Å². The average molecular weight is 277 g/mol. The van der Waals surface area contributed by atoms with Gasteiger partial charge in [-0.3, -0.25) is 4.79 Å². The van der Waals surface area contributed by atoms with Gasteiger partial charge in [0.2, 0.25) is 0 Å². The van der Waals surface area contributed by atoms with E-state index in [1.54, 1.807) is 24.4 Å². The Morgan fingerprint density at radius 1 is 1.32 bits per heavy atom. The lowest BCUT2D eigenvalue weighted by Crippen LogP contribution is -2.14. The number of rotatable bonds is 2. The van der Waals surface area contributed by atoms with Gasteiger partial charge < -0.3 is 10.4 Å². The standard InChI is InChI=1S/C14H13ClN2O2/c1-8-3-4-11(18)10(7-8)14(19)17-12-9(2)5-6-16-13(12)15/h3-7,18H,1-2H3,(H,17,19). The summed E-state index contributed by atoms with van der Waals surface area (Å²) < 4.78 is 0. The molecule has 1 aromatic carbocycles. The van der Waals surface area contributed by atoms with Crippen molar-refractivity contribution in [2.75, 3.05) is 5.32 Å². The minimum atomic E-state index is -0.417. The van der Waals surface area contributed by atoms with Crippen LogP contribution in [0.25, 0.3) is 0 Å². The van der Waals surface area contributed by atoms with E-state index >= 15 is 0 Å². The Balaban J connectivity index is 2.34. The number of phenolic OH excluding ortho intramolecular Hbond substituents is 1. The highest BCUT2D eigenvalue weighted by molar-refractivity contribution is 6.32. The van der Waals surface area contributed by atoms with E-state index in [1.165, 1.54) is 6.07 Å². The maximum atomic E-state index is 12.1. The first-order chi connectivity index (χ1) is 8.99. The molecular weight excluding hydrogens is 264 g/mol. The van der Waals surface area contributed by atoms with Crippen LogP contribution in [-0.4, -0.2) is 16.0 Å². The van der Waals surface area contributed by atoms with Gasteiger partial charge in [-0.25, -0.2) is 4.98 Å². The van der Waals surface area contributed by atoms with Crippen molar-refractivity contribution in [2.45, 2.75) is 13.8 Å². The molecule has 0 bridgehead atoms. The van der Waals surface area contributed by atoms with Crippen LogP contribution >= 0.6 is 11.6 Å². The first kappa shape index (κ1) is 13.4. The highest BCUT2D eigenvalue weighted by Gasteiger charge is 2.14. The molecule has 0 spiro atoms. The van der Waals surface area contributed by atoms with Crippen LogP contribution in [0.15, 0.2) is 30.5 Å². The van der Waals surface area contributed by atoms with Gasteiger partial charge in [0, 0.05) is 6.20 Å². The minimum absolute atomic E-state index is 0.0687. The number of hydrogen-bond donors (Lipinski definition) is 2. The van der Waals surface area contributed by atoms with Gasteiger partial charge in [-0.15, -0.1) is 0 Å². The first-order valence-electron chi connectivity index (χ1n) is 5.71. The zero-order valence-electron chi connectivity index (χ0n) is 10.6. The topological polar surface area (TPSA) is 62.2 Å². The monoisotopic (exact) mass is 276 g/mol. The maximum absolute atomic E-state index is 12.1. The molecule has 19 heavy (non-hydrogen) atoms. The molecule has 0 aliphatic rings.